The van der Waals surface area contributed by atoms with Crippen LogP contribution in [-0.2, 0) is 4.79 Å². The third-order valence-corrected chi connectivity index (χ3v) is 2.50. The average Bonchev–Trinajstić information content (AvgIpc) is 2.34. The van der Waals surface area contributed by atoms with Crippen LogP contribution in [0.3, 0.4) is 0 Å². The summed E-state index contributed by atoms with van der Waals surface area (Å²) in [7, 11) is 1.47. The first kappa shape index (κ1) is 14.7. The number of nitro groups is 1. The molecule has 102 valence electrons. The van der Waals surface area contributed by atoms with Gasteiger partial charge in [-0.1, -0.05) is 11.6 Å². The van der Waals surface area contributed by atoms with Crippen molar-refractivity contribution in [2.24, 2.45) is 5.73 Å². The Morgan fingerprint density at radius 1 is 1.47 bits per heavy atom. The van der Waals surface area contributed by atoms with E-state index in [1.54, 1.807) is 0 Å². The molecule has 0 spiro atoms. The van der Waals surface area contributed by atoms with E-state index in [9.17, 15) is 19.7 Å². The highest BCUT2D eigenvalue weighted by atomic mass is 35.5. The minimum atomic E-state index is -0.721. The van der Waals surface area contributed by atoms with E-state index in [2.05, 4.69) is 10.6 Å². The molecular formula is C10H11ClN4O4. The predicted octanol–water partition coefficient (Wildman–Crippen LogP) is 0.505. The average molecular weight is 287 g/mol. The third-order valence-electron chi connectivity index (χ3n) is 2.20. The maximum atomic E-state index is 11.7. The maximum Gasteiger partial charge on any atom is 0.294 e. The van der Waals surface area contributed by atoms with Crippen molar-refractivity contribution in [3.63, 3.8) is 0 Å². The fraction of sp³-hybridized carbons (Fsp3) is 0.200. The van der Waals surface area contributed by atoms with Crippen molar-refractivity contribution in [3.05, 3.63) is 32.8 Å². The van der Waals surface area contributed by atoms with Crippen molar-refractivity contribution in [2.75, 3.05) is 18.9 Å². The first-order valence-electron chi connectivity index (χ1n) is 5.09. The lowest BCUT2D eigenvalue weighted by Gasteiger charge is -2.08. The summed E-state index contributed by atoms with van der Waals surface area (Å²) in [5.74, 6) is -1.40. The second-order valence-corrected chi connectivity index (χ2v) is 3.92. The smallest absolute Gasteiger partial charge is 0.294 e. The number of rotatable bonds is 5. The van der Waals surface area contributed by atoms with Crippen molar-refractivity contribution in [1.82, 2.24) is 5.32 Å². The van der Waals surface area contributed by atoms with Gasteiger partial charge in [0.2, 0.25) is 5.91 Å². The van der Waals surface area contributed by atoms with Crippen molar-refractivity contribution in [2.45, 2.75) is 0 Å². The van der Waals surface area contributed by atoms with Gasteiger partial charge in [-0.05, 0) is 6.07 Å². The molecule has 0 aromatic heterocycles. The summed E-state index contributed by atoms with van der Waals surface area (Å²) >= 11 is 5.85. The van der Waals surface area contributed by atoms with E-state index in [4.69, 9.17) is 17.3 Å². The molecule has 4 N–H and O–H groups in total. The van der Waals surface area contributed by atoms with E-state index < -0.39 is 16.7 Å². The molecule has 1 aromatic rings. The molecule has 0 atom stereocenters. The molecule has 0 saturated heterocycles. The maximum absolute atomic E-state index is 11.7. The zero-order valence-electron chi connectivity index (χ0n) is 9.90. The van der Waals surface area contributed by atoms with Crippen LogP contribution in [0.1, 0.15) is 10.4 Å². The predicted molar refractivity (Wildman–Crippen MR) is 69.2 cm³/mol. The number of primary amides is 1. The van der Waals surface area contributed by atoms with E-state index >= 15 is 0 Å². The first-order valence-corrected chi connectivity index (χ1v) is 5.46. The Balaban J connectivity index is 3.13. The van der Waals surface area contributed by atoms with Crippen LogP contribution in [0.5, 0.6) is 0 Å². The van der Waals surface area contributed by atoms with Gasteiger partial charge < -0.3 is 16.4 Å². The number of hydrogen-bond acceptors (Lipinski definition) is 5. The van der Waals surface area contributed by atoms with E-state index in [0.29, 0.717) is 0 Å². The number of nitro benzene ring substituents is 1. The van der Waals surface area contributed by atoms with Crippen LogP contribution in [0.4, 0.5) is 11.4 Å². The number of nitrogens with one attached hydrogen (secondary N) is 2. The molecular weight excluding hydrogens is 276 g/mol. The van der Waals surface area contributed by atoms with Gasteiger partial charge in [-0.15, -0.1) is 0 Å². The molecule has 0 saturated carbocycles. The van der Waals surface area contributed by atoms with Gasteiger partial charge >= 0.3 is 0 Å². The summed E-state index contributed by atoms with van der Waals surface area (Å²) in [6.45, 7) is -0.363. The Morgan fingerprint density at radius 2 is 2.11 bits per heavy atom. The Morgan fingerprint density at radius 3 is 2.58 bits per heavy atom. The van der Waals surface area contributed by atoms with Crippen molar-refractivity contribution in [1.29, 1.82) is 0 Å². The SMILES string of the molecule is CNc1c(Cl)cc(C(=O)NCC(N)=O)cc1[N+](=O)[O-]. The normalized spacial score (nSPS) is 9.79. The summed E-state index contributed by atoms with van der Waals surface area (Å²) < 4.78 is 0. The summed E-state index contributed by atoms with van der Waals surface area (Å²) in [6, 6.07) is 2.32. The van der Waals surface area contributed by atoms with Crippen LogP contribution >= 0.6 is 11.6 Å². The lowest BCUT2D eigenvalue weighted by Crippen LogP contribution is -2.33. The number of hydrogen-bond donors (Lipinski definition) is 3. The lowest BCUT2D eigenvalue weighted by atomic mass is 10.1. The Labute approximate surface area is 113 Å². The number of benzene rings is 1. The summed E-state index contributed by atoms with van der Waals surface area (Å²) in [4.78, 5) is 32.4. The number of carbonyl (C=O) groups is 2. The largest absolute Gasteiger partial charge is 0.381 e. The molecule has 0 aliphatic heterocycles. The Bertz CT molecular complexity index is 547. The number of halogens is 1. The topological polar surface area (TPSA) is 127 Å². The zero-order valence-corrected chi connectivity index (χ0v) is 10.7. The third kappa shape index (κ3) is 3.55. The molecule has 0 bridgehead atoms. The quantitative estimate of drug-likeness (QED) is 0.536. The fourth-order valence-corrected chi connectivity index (χ4v) is 1.69. The summed E-state index contributed by atoms with van der Waals surface area (Å²) in [6.07, 6.45) is 0. The Kier molecular flexibility index (Phi) is 4.65. The van der Waals surface area contributed by atoms with Gasteiger partial charge in [-0.3, -0.25) is 19.7 Å². The van der Waals surface area contributed by atoms with Gasteiger partial charge in [0.1, 0.15) is 5.69 Å². The van der Waals surface area contributed by atoms with E-state index in [1.165, 1.54) is 13.1 Å². The number of anilines is 1. The highest BCUT2D eigenvalue weighted by Gasteiger charge is 2.20. The van der Waals surface area contributed by atoms with Crippen LogP contribution in [0.25, 0.3) is 0 Å². The number of carbonyl (C=O) groups excluding carboxylic acids is 2. The van der Waals surface area contributed by atoms with Crippen LogP contribution in [-0.4, -0.2) is 30.3 Å². The fourth-order valence-electron chi connectivity index (χ4n) is 1.38. The number of nitrogens with two attached hydrogens (primary N) is 1. The molecule has 8 nitrogen and oxygen atoms in total. The summed E-state index contributed by atoms with van der Waals surface area (Å²) in [5, 5.41) is 15.7. The number of amides is 2. The second-order valence-electron chi connectivity index (χ2n) is 3.51. The van der Waals surface area contributed by atoms with Crippen molar-refractivity contribution < 1.29 is 14.5 Å². The van der Waals surface area contributed by atoms with E-state index in [-0.39, 0.29) is 28.5 Å². The molecule has 0 aliphatic carbocycles. The molecule has 2 amide bonds. The van der Waals surface area contributed by atoms with Crippen LogP contribution in [0.15, 0.2) is 12.1 Å². The van der Waals surface area contributed by atoms with Crippen LogP contribution in [0, 0.1) is 10.1 Å². The number of nitrogens with zero attached hydrogens (tertiary/aromatic N) is 1. The van der Waals surface area contributed by atoms with Gasteiger partial charge in [0, 0.05) is 18.7 Å². The molecule has 1 rings (SSSR count). The molecule has 9 heteroatoms. The van der Waals surface area contributed by atoms with E-state index in [0.717, 1.165) is 6.07 Å². The zero-order chi connectivity index (χ0) is 14.6. The summed E-state index contributed by atoms with van der Waals surface area (Å²) in [5.41, 5.74) is 4.62. The van der Waals surface area contributed by atoms with Crippen molar-refractivity contribution in [3.8, 4) is 0 Å². The van der Waals surface area contributed by atoms with Gasteiger partial charge in [0.25, 0.3) is 11.6 Å². The first-order chi connectivity index (χ1) is 8.86. The minimum absolute atomic E-state index is 0.0286. The Hall–Kier alpha value is -2.35. The van der Waals surface area contributed by atoms with E-state index in [1.807, 2.05) is 0 Å². The molecule has 0 heterocycles. The van der Waals surface area contributed by atoms with Gasteiger partial charge in [-0.25, -0.2) is 0 Å². The molecule has 0 radical (unpaired) electrons. The van der Waals surface area contributed by atoms with Crippen LogP contribution in [0.2, 0.25) is 5.02 Å². The molecule has 19 heavy (non-hydrogen) atoms. The van der Waals surface area contributed by atoms with Gasteiger partial charge in [0.15, 0.2) is 0 Å². The minimum Gasteiger partial charge on any atom is -0.381 e. The second kappa shape index (κ2) is 6.01. The molecule has 0 unspecified atom stereocenters. The van der Waals surface area contributed by atoms with Crippen LogP contribution < -0.4 is 16.4 Å². The lowest BCUT2D eigenvalue weighted by molar-refractivity contribution is -0.383. The monoisotopic (exact) mass is 286 g/mol. The highest BCUT2D eigenvalue weighted by Crippen LogP contribution is 2.33. The highest BCUT2D eigenvalue weighted by molar-refractivity contribution is 6.34. The molecule has 0 aliphatic rings. The standard InChI is InChI=1S/C10H11ClN4O4/c1-13-9-6(11)2-5(3-7(9)15(18)19)10(17)14-4-8(12)16/h2-3,13H,4H2,1H3,(H2,12,16)(H,14,17). The van der Waals surface area contributed by atoms with Crippen molar-refractivity contribution >= 4 is 34.8 Å². The molecule has 1 aromatic carbocycles. The molecule has 0 fully saturated rings. The van der Waals surface area contributed by atoms with Gasteiger partial charge in [-0.2, -0.15) is 0 Å². The van der Waals surface area contributed by atoms with Gasteiger partial charge in [0.05, 0.1) is 16.5 Å².